The van der Waals surface area contributed by atoms with Crippen LogP contribution in [0, 0.1) is 6.92 Å². The van der Waals surface area contributed by atoms with Gasteiger partial charge in [0, 0.05) is 12.4 Å². The summed E-state index contributed by atoms with van der Waals surface area (Å²) in [5.41, 5.74) is 1.49. The highest BCUT2D eigenvalue weighted by Crippen LogP contribution is 2.20. The minimum absolute atomic E-state index is 0.0789. The number of fused-ring (bicyclic) bond motifs is 1. The third kappa shape index (κ3) is 3.87. The summed E-state index contributed by atoms with van der Waals surface area (Å²) in [5.74, 6) is -1.56. The molecular formula is C20H19N3O4. The normalized spacial score (nSPS) is 11.9. The fourth-order valence-electron chi connectivity index (χ4n) is 2.92. The van der Waals surface area contributed by atoms with Gasteiger partial charge in [0.1, 0.15) is 0 Å². The number of aromatic nitrogens is 2. The van der Waals surface area contributed by atoms with Crippen molar-refractivity contribution in [2.75, 3.05) is 0 Å². The second-order valence-corrected chi connectivity index (χ2v) is 6.36. The first-order valence-electron chi connectivity index (χ1n) is 8.42. The van der Waals surface area contributed by atoms with Gasteiger partial charge >= 0.3 is 5.97 Å². The minimum Gasteiger partial charge on any atom is -0.481 e. The fourth-order valence-corrected chi connectivity index (χ4v) is 2.92. The van der Waals surface area contributed by atoms with Gasteiger partial charge in [0.15, 0.2) is 5.69 Å². The number of hydrogen-bond acceptors (Lipinski definition) is 4. The number of carbonyl (C=O) groups excluding carboxylic acids is 1. The van der Waals surface area contributed by atoms with E-state index in [9.17, 15) is 19.5 Å². The number of carboxylic acid groups (broad SMARTS) is 1. The molecule has 7 nitrogen and oxygen atoms in total. The van der Waals surface area contributed by atoms with Crippen LogP contribution in [0.4, 0.5) is 0 Å². The Balaban J connectivity index is 2.00. The average molecular weight is 365 g/mol. The van der Waals surface area contributed by atoms with E-state index in [0.717, 1.165) is 10.2 Å². The predicted octanol–water partition coefficient (Wildman–Crippen LogP) is 2.19. The van der Waals surface area contributed by atoms with Crippen LogP contribution in [0.1, 0.15) is 34.1 Å². The Kier molecular flexibility index (Phi) is 5.03. The highest BCUT2D eigenvalue weighted by molar-refractivity contribution is 6.05. The van der Waals surface area contributed by atoms with E-state index < -0.39 is 17.9 Å². The summed E-state index contributed by atoms with van der Waals surface area (Å²) in [6.07, 6.45) is -0.265. The van der Waals surface area contributed by atoms with Gasteiger partial charge in [-0.25, -0.2) is 4.68 Å². The second kappa shape index (κ2) is 7.41. The van der Waals surface area contributed by atoms with E-state index in [1.54, 1.807) is 36.4 Å². The summed E-state index contributed by atoms with van der Waals surface area (Å²) < 4.78 is 1.11. The van der Waals surface area contributed by atoms with Crippen LogP contribution < -0.4 is 10.9 Å². The molecule has 0 radical (unpaired) electrons. The number of carboxylic acids is 1. The summed E-state index contributed by atoms with van der Waals surface area (Å²) in [4.78, 5) is 36.4. The maximum absolute atomic E-state index is 12.9. The molecule has 7 heteroatoms. The van der Waals surface area contributed by atoms with Gasteiger partial charge in [-0.1, -0.05) is 48.0 Å². The van der Waals surface area contributed by atoms with Gasteiger partial charge in [0.2, 0.25) is 0 Å². The largest absolute Gasteiger partial charge is 0.481 e. The molecule has 1 aromatic heterocycles. The minimum atomic E-state index is -1.03. The van der Waals surface area contributed by atoms with Crippen molar-refractivity contribution in [1.82, 2.24) is 15.1 Å². The molecule has 0 spiro atoms. The highest BCUT2D eigenvalue weighted by atomic mass is 16.4. The number of nitrogens with one attached hydrogen (secondary N) is 1. The van der Waals surface area contributed by atoms with Gasteiger partial charge in [-0.15, -0.1) is 0 Å². The van der Waals surface area contributed by atoms with Crippen molar-refractivity contribution in [2.45, 2.75) is 19.4 Å². The van der Waals surface area contributed by atoms with Gasteiger partial charge < -0.3 is 10.4 Å². The lowest BCUT2D eigenvalue weighted by atomic mass is 10.0. The molecule has 1 amide bonds. The molecule has 0 fully saturated rings. The molecule has 2 N–H and O–H groups in total. The van der Waals surface area contributed by atoms with Gasteiger partial charge in [0.05, 0.1) is 17.8 Å². The molecule has 0 saturated heterocycles. The van der Waals surface area contributed by atoms with Crippen molar-refractivity contribution in [3.8, 4) is 0 Å². The van der Waals surface area contributed by atoms with Crippen LogP contribution in [0.15, 0.2) is 53.3 Å². The Bertz CT molecular complexity index is 1070. The average Bonchev–Trinajstić information content (AvgIpc) is 2.64. The number of rotatable bonds is 5. The molecule has 0 aliphatic carbocycles. The Labute approximate surface area is 155 Å². The zero-order chi connectivity index (χ0) is 19.6. The summed E-state index contributed by atoms with van der Waals surface area (Å²) in [7, 11) is 1.47. The van der Waals surface area contributed by atoms with E-state index in [2.05, 4.69) is 10.4 Å². The van der Waals surface area contributed by atoms with Crippen LogP contribution in [-0.2, 0) is 11.8 Å². The molecule has 0 bridgehead atoms. The van der Waals surface area contributed by atoms with Crippen molar-refractivity contribution < 1.29 is 14.7 Å². The maximum atomic E-state index is 12.9. The Morgan fingerprint density at radius 3 is 2.37 bits per heavy atom. The molecule has 2 aromatic carbocycles. The summed E-state index contributed by atoms with van der Waals surface area (Å²) in [5, 5.41) is 16.9. The first-order valence-corrected chi connectivity index (χ1v) is 8.42. The van der Waals surface area contributed by atoms with E-state index in [4.69, 9.17) is 0 Å². The molecule has 0 aliphatic heterocycles. The predicted molar refractivity (Wildman–Crippen MR) is 101 cm³/mol. The zero-order valence-electron chi connectivity index (χ0n) is 15.0. The maximum Gasteiger partial charge on any atom is 0.305 e. The third-order valence-corrected chi connectivity index (χ3v) is 4.34. The van der Waals surface area contributed by atoms with Crippen LogP contribution in [0.3, 0.4) is 0 Å². The molecule has 3 aromatic rings. The van der Waals surface area contributed by atoms with Crippen LogP contribution >= 0.6 is 0 Å². The fraction of sp³-hybridized carbons (Fsp3) is 0.200. The molecule has 0 unspecified atom stereocenters. The molecular weight excluding hydrogens is 346 g/mol. The number of carbonyl (C=O) groups is 2. The Morgan fingerprint density at radius 1 is 1.11 bits per heavy atom. The van der Waals surface area contributed by atoms with Crippen LogP contribution in [-0.4, -0.2) is 26.8 Å². The Morgan fingerprint density at radius 2 is 1.74 bits per heavy atom. The van der Waals surface area contributed by atoms with Crippen molar-refractivity contribution >= 4 is 22.6 Å². The van der Waals surface area contributed by atoms with Gasteiger partial charge in [-0.2, -0.15) is 5.10 Å². The first kappa shape index (κ1) is 18.3. The van der Waals surface area contributed by atoms with E-state index in [1.165, 1.54) is 7.05 Å². The lowest BCUT2D eigenvalue weighted by Gasteiger charge is -2.18. The first-order chi connectivity index (χ1) is 12.9. The molecule has 0 aliphatic rings. The summed E-state index contributed by atoms with van der Waals surface area (Å²) >= 11 is 0. The van der Waals surface area contributed by atoms with E-state index in [1.807, 2.05) is 19.1 Å². The smallest absolute Gasteiger partial charge is 0.305 e. The van der Waals surface area contributed by atoms with E-state index in [-0.39, 0.29) is 17.7 Å². The molecule has 1 heterocycles. The number of benzene rings is 2. The number of hydrogen-bond donors (Lipinski definition) is 2. The molecule has 1 atom stereocenters. The van der Waals surface area contributed by atoms with Gasteiger partial charge in [-0.05, 0) is 18.6 Å². The number of nitrogens with zero attached hydrogens (tertiary/aromatic N) is 2. The quantitative estimate of drug-likeness (QED) is 0.722. The van der Waals surface area contributed by atoms with Gasteiger partial charge in [0.25, 0.3) is 11.5 Å². The second-order valence-electron chi connectivity index (χ2n) is 6.36. The molecule has 138 valence electrons. The molecule has 27 heavy (non-hydrogen) atoms. The van der Waals surface area contributed by atoms with Crippen LogP contribution in [0.2, 0.25) is 0 Å². The number of aryl methyl sites for hydroxylation is 2. The Hall–Kier alpha value is -3.48. The SMILES string of the molecule is Cc1ccc([C@H](CC(=O)O)NC(=O)c2nn(C)c(=O)c3ccccc23)cc1. The van der Waals surface area contributed by atoms with Crippen molar-refractivity contribution in [2.24, 2.45) is 7.05 Å². The zero-order valence-corrected chi connectivity index (χ0v) is 15.0. The number of amides is 1. The van der Waals surface area contributed by atoms with Crippen molar-refractivity contribution in [3.05, 3.63) is 75.7 Å². The van der Waals surface area contributed by atoms with Crippen molar-refractivity contribution in [1.29, 1.82) is 0 Å². The van der Waals surface area contributed by atoms with Gasteiger partial charge in [-0.3, -0.25) is 14.4 Å². The lowest BCUT2D eigenvalue weighted by Crippen LogP contribution is -2.33. The monoisotopic (exact) mass is 365 g/mol. The van der Waals surface area contributed by atoms with E-state index >= 15 is 0 Å². The highest BCUT2D eigenvalue weighted by Gasteiger charge is 2.22. The summed E-state index contributed by atoms with van der Waals surface area (Å²) in [6.45, 7) is 1.93. The molecule has 0 saturated carbocycles. The topological polar surface area (TPSA) is 101 Å². The van der Waals surface area contributed by atoms with Crippen LogP contribution in [0.5, 0.6) is 0 Å². The summed E-state index contributed by atoms with van der Waals surface area (Å²) in [6, 6.07) is 13.3. The van der Waals surface area contributed by atoms with Crippen LogP contribution in [0.25, 0.3) is 10.8 Å². The third-order valence-electron chi connectivity index (χ3n) is 4.34. The molecule has 3 rings (SSSR count). The lowest BCUT2D eigenvalue weighted by molar-refractivity contribution is -0.137. The standard InChI is InChI=1S/C20H19N3O4/c1-12-7-9-13(10-8-12)16(11-17(24)25)21-19(26)18-14-5-3-4-6-15(14)20(27)23(2)22-18/h3-10,16H,11H2,1-2H3,(H,21,26)(H,24,25)/t16-/m0/s1. The van der Waals surface area contributed by atoms with Crippen molar-refractivity contribution in [3.63, 3.8) is 0 Å². The number of aliphatic carboxylic acids is 1. The van der Waals surface area contributed by atoms with E-state index in [0.29, 0.717) is 16.3 Å².